The van der Waals surface area contributed by atoms with E-state index in [0.717, 1.165) is 5.56 Å². The number of carbonyl (C=O) groups is 2. The Balaban J connectivity index is 1.86. The standard InChI is InChI=1S/C17H16N2O4/c1-11-9-15(12(2)23-11)17(21)22-10-16(20)19-14-5-3-13(4-6-14)7-8-18/h3-6,9H,7,10H2,1-2H3,(H,19,20). The molecule has 0 aliphatic carbocycles. The van der Waals surface area contributed by atoms with Gasteiger partial charge in [0.1, 0.15) is 17.1 Å². The van der Waals surface area contributed by atoms with E-state index in [2.05, 4.69) is 5.32 Å². The average Bonchev–Trinajstić information content (AvgIpc) is 2.86. The molecule has 1 heterocycles. The van der Waals surface area contributed by atoms with Crippen molar-refractivity contribution in [2.24, 2.45) is 0 Å². The molecule has 23 heavy (non-hydrogen) atoms. The van der Waals surface area contributed by atoms with Crippen LogP contribution in [0.2, 0.25) is 0 Å². The summed E-state index contributed by atoms with van der Waals surface area (Å²) in [5, 5.41) is 11.2. The first-order chi connectivity index (χ1) is 11.0. The van der Waals surface area contributed by atoms with Crippen molar-refractivity contribution in [2.75, 3.05) is 11.9 Å². The van der Waals surface area contributed by atoms with Crippen LogP contribution in [0.25, 0.3) is 0 Å². The number of amides is 1. The molecule has 0 unspecified atom stereocenters. The Kier molecular flexibility index (Phi) is 5.15. The monoisotopic (exact) mass is 312 g/mol. The van der Waals surface area contributed by atoms with Crippen molar-refractivity contribution in [3.63, 3.8) is 0 Å². The normalized spacial score (nSPS) is 9.96. The number of anilines is 1. The van der Waals surface area contributed by atoms with E-state index in [1.165, 1.54) is 0 Å². The van der Waals surface area contributed by atoms with Gasteiger partial charge in [0.15, 0.2) is 6.61 Å². The van der Waals surface area contributed by atoms with Gasteiger partial charge < -0.3 is 14.5 Å². The molecule has 0 spiro atoms. The molecule has 1 aromatic heterocycles. The zero-order chi connectivity index (χ0) is 16.8. The van der Waals surface area contributed by atoms with Crippen LogP contribution in [0.15, 0.2) is 34.7 Å². The summed E-state index contributed by atoms with van der Waals surface area (Å²) in [4.78, 5) is 23.6. The lowest BCUT2D eigenvalue weighted by molar-refractivity contribution is -0.119. The van der Waals surface area contributed by atoms with Gasteiger partial charge in [-0.05, 0) is 37.6 Å². The fourth-order valence-corrected chi connectivity index (χ4v) is 2.04. The lowest BCUT2D eigenvalue weighted by Gasteiger charge is -2.06. The summed E-state index contributed by atoms with van der Waals surface area (Å²) >= 11 is 0. The van der Waals surface area contributed by atoms with Crippen LogP contribution < -0.4 is 5.32 Å². The van der Waals surface area contributed by atoms with Gasteiger partial charge >= 0.3 is 5.97 Å². The molecular formula is C17H16N2O4. The molecule has 1 aromatic carbocycles. The van der Waals surface area contributed by atoms with Gasteiger partial charge in [0.2, 0.25) is 0 Å². The van der Waals surface area contributed by atoms with E-state index >= 15 is 0 Å². The van der Waals surface area contributed by atoms with Gasteiger partial charge in [0.25, 0.3) is 5.91 Å². The first kappa shape index (κ1) is 16.3. The van der Waals surface area contributed by atoms with Crippen molar-refractivity contribution in [2.45, 2.75) is 20.3 Å². The average molecular weight is 312 g/mol. The number of hydrogen-bond donors (Lipinski definition) is 1. The molecule has 0 saturated carbocycles. The summed E-state index contributed by atoms with van der Waals surface area (Å²) in [6, 6.07) is 10.5. The predicted octanol–water partition coefficient (Wildman–Crippen LogP) is 2.76. The Labute approximate surface area is 133 Å². The Hall–Kier alpha value is -3.07. The third-order valence-electron chi connectivity index (χ3n) is 3.12. The Morgan fingerprint density at radius 3 is 2.52 bits per heavy atom. The molecule has 1 N–H and O–H groups in total. The second kappa shape index (κ2) is 7.27. The van der Waals surface area contributed by atoms with E-state index in [1.54, 1.807) is 44.2 Å². The maximum Gasteiger partial charge on any atom is 0.342 e. The molecule has 118 valence electrons. The maximum atomic E-state index is 11.9. The Morgan fingerprint density at radius 2 is 1.96 bits per heavy atom. The predicted molar refractivity (Wildman–Crippen MR) is 82.9 cm³/mol. The smallest absolute Gasteiger partial charge is 0.342 e. The van der Waals surface area contributed by atoms with Gasteiger partial charge in [0.05, 0.1) is 12.5 Å². The molecule has 2 rings (SSSR count). The summed E-state index contributed by atoms with van der Waals surface area (Å²) in [6.07, 6.45) is 0.315. The summed E-state index contributed by atoms with van der Waals surface area (Å²) in [5.41, 5.74) is 1.75. The second-order valence-corrected chi connectivity index (χ2v) is 4.98. The summed E-state index contributed by atoms with van der Waals surface area (Å²) in [6.45, 7) is 3.00. The molecule has 0 aliphatic heterocycles. The van der Waals surface area contributed by atoms with E-state index in [9.17, 15) is 9.59 Å². The molecule has 6 heteroatoms. The molecular weight excluding hydrogens is 296 g/mol. The van der Waals surface area contributed by atoms with Crippen LogP contribution in [0, 0.1) is 25.2 Å². The number of nitrogens with one attached hydrogen (secondary N) is 1. The van der Waals surface area contributed by atoms with Crippen molar-refractivity contribution >= 4 is 17.6 Å². The molecule has 0 aliphatic rings. The quantitative estimate of drug-likeness (QED) is 0.857. The maximum absolute atomic E-state index is 11.9. The molecule has 6 nitrogen and oxygen atoms in total. The van der Waals surface area contributed by atoms with Crippen molar-refractivity contribution in [1.82, 2.24) is 0 Å². The molecule has 2 aromatic rings. The van der Waals surface area contributed by atoms with Crippen molar-refractivity contribution in [3.8, 4) is 6.07 Å². The van der Waals surface area contributed by atoms with E-state index in [-0.39, 0.29) is 6.61 Å². The first-order valence-electron chi connectivity index (χ1n) is 6.99. The molecule has 0 bridgehead atoms. The van der Waals surface area contributed by atoms with Crippen LogP contribution in [-0.4, -0.2) is 18.5 Å². The SMILES string of the molecule is Cc1cc(C(=O)OCC(=O)Nc2ccc(CC#N)cc2)c(C)o1. The summed E-state index contributed by atoms with van der Waals surface area (Å²) < 4.78 is 10.2. The third-order valence-corrected chi connectivity index (χ3v) is 3.12. The minimum atomic E-state index is -0.598. The Bertz CT molecular complexity index is 754. The number of esters is 1. The van der Waals surface area contributed by atoms with Crippen LogP contribution in [0.1, 0.15) is 27.4 Å². The fraction of sp³-hybridized carbons (Fsp3) is 0.235. The number of nitrogens with zero attached hydrogens (tertiary/aromatic N) is 1. The largest absolute Gasteiger partial charge is 0.466 e. The highest BCUT2D eigenvalue weighted by atomic mass is 16.5. The molecule has 0 saturated heterocycles. The van der Waals surface area contributed by atoms with E-state index in [1.807, 2.05) is 6.07 Å². The van der Waals surface area contributed by atoms with Crippen LogP contribution in [0.5, 0.6) is 0 Å². The third kappa shape index (κ3) is 4.45. The number of carbonyl (C=O) groups excluding carboxylic acids is 2. The molecule has 0 atom stereocenters. The van der Waals surface area contributed by atoms with Crippen LogP contribution in [0.4, 0.5) is 5.69 Å². The topological polar surface area (TPSA) is 92.3 Å². The second-order valence-electron chi connectivity index (χ2n) is 4.98. The minimum Gasteiger partial charge on any atom is -0.466 e. The number of rotatable bonds is 5. The van der Waals surface area contributed by atoms with Crippen LogP contribution in [-0.2, 0) is 16.0 Å². The number of benzene rings is 1. The van der Waals surface area contributed by atoms with Crippen LogP contribution in [0.3, 0.4) is 0 Å². The number of hydrogen-bond acceptors (Lipinski definition) is 5. The highest BCUT2D eigenvalue weighted by Crippen LogP contribution is 2.15. The number of ether oxygens (including phenoxy) is 1. The van der Waals surface area contributed by atoms with E-state index < -0.39 is 11.9 Å². The van der Waals surface area contributed by atoms with Gasteiger partial charge in [-0.15, -0.1) is 0 Å². The van der Waals surface area contributed by atoms with Crippen LogP contribution >= 0.6 is 0 Å². The minimum absolute atomic E-state index is 0.315. The number of aryl methyl sites for hydroxylation is 2. The van der Waals surface area contributed by atoms with Gasteiger partial charge in [0, 0.05) is 5.69 Å². The molecule has 0 fully saturated rings. The van der Waals surface area contributed by atoms with Crippen molar-refractivity contribution in [1.29, 1.82) is 5.26 Å². The summed E-state index contributed by atoms with van der Waals surface area (Å²) in [7, 11) is 0. The lowest BCUT2D eigenvalue weighted by Crippen LogP contribution is -2.21. The first-order valence-corrected chi connectivity index (χ1v) is 6.99. The number of furan rings is 1. The van der Waals surface area contributed by atoms with Gasteiger partial charge in [-0.25, -0.2) is 4.79 Å². The fourth-order valence-electron chi connectivity index (χ4n) is 2.04. The van der Waals surface area contributed by atoms with Crippen molar-refractivity contribution in [3.05, 3.63) is 53.0 Å². The zero-order valence-corrected chi connectivity index (χ0v) is 12.9. The van der Waals surface area contributed by atoms with E-state index in [4.69, 9.17) is 14.4 Å². The van der Waals surface area contributed by atoms with Crippen molar-refractivity contribution < 1.29 is 18.7 Å². The highest BCUT2D eigenvalue weighted by Gasteiger charge is 2.16. The summed E-state index contributed by atoms with van der Waals surface area (Å²) in [5.74, 6) is 0.0282. The molecule has 1 amide bonds. The Morgan fingerprint density at radius 1 is 1.26 bits per heavy atom. The highest BCUT2D eigenvalue weighted by molar-refractivity contribution is 5.95. The van der Waals surface area contributed by atoms with Gasteiger partial charge in [-0.3, -0.25) is 4.79 Å². The van der Waals surface area contributed by atoms with Gasteiger partial charge in [-0.2, -0.15) is 5.26 Å². The molecule has 0 radical (unpaired) electrons. The van der Waals surface area contributed by atoms with Gasteiger partial charge in [-0.1, -0.05) is 12.1 Å². The lowest BCUT2D eigenvalue weighted by atomic mass is 10.1. The van der Waals surface area contributed by atoms with E-state index in [0.29, 0.717) is 29.2 Å². The number of nitriles is 1. The zero-order valence-electron chi connectivity index (χ0n) is 12.9.